The molecule has 2 aromatic rings. The summed E-state index contributed by atoms with van der Waals surface area (Å²) in [4.78, 5) is 26.1. The number of nitrogens with zero attached hydrogens (tertiary/aromatic N) is 1. The van der Waals surface area contributed by atoms with E-state index in [4.69, 9.17) is 0 Å². The Bertz CT molecular complexity index is 783. The van der Waals surface area contributed by atoms with Gasteiger partial charge in [0.15, 0.2) is 0 Å². The predicted molar refractivity (Wildman–Crippen MR) is 108 cm³/mol. The molecule has 3 amide bonds. The van der Waals surface area contributed by atoms with Crippen LogP contribution in [0.3, 0.4) is 0 Å². The van der Waals surface area contributed by atoms with Crippen LogP contribution in [-0.2, 0) is 6.54 Å². The number of piperidine rings is 1. The van der Waals surface area contributed by atoms with Crippen molar-refractivity contribution in [2.45, 2.75) is 25.8 Å². The number of amides is 3. The molecule has 6 heteroatoms. The first-order valence-electron chi connectivity index (χ1n) is 9.36. The number of anilines is 2. The van der Waals surface area contributed by atoms with Crippen LogP contribution in [0, 0.1) is 0 Å². The quantitative estimate of drug-likeness (QED) is 0.760. The SMILES string of the molecule is CNC(=O)c1ccc(CNC(=O)Nc2cccc(N3CCCCC3)c2)cc1. The minimum Gasteiger partial charge on any atom is -0.371 e. The lowest BCUT2D eigenvalue weighted by Crippen LogP contribution is -2.30. The highest BCUT2D eigenvalue weighted by Crippen LogP contribution is 2.23. The Hall–Kier alpha value is -3.02. The summed E-state index contributed by atoms with van der Waals surface area (Å²) in [6.45, 7) is 2.54. The number of urea groups is 1. The average molecular weight is 366 g/mol. The van der Waals surface area contributed by atoms with Crippen LogP contribution in [0.2, 0.25) is 0 Å². The number of nitrogens with one attached hydrogen (secondary N) is 3. The molecule has 0 atom stereocenters. The maximum Gasteiger partial charge on any atom is 0.319 e. The van der Waals surface area contributed by atoms with E-state index in [1.165, 1.54) is 19.3 Å². The molecule has 1 fully saturated rings. The molecule has 0 radical (unpaired) electrons. The standard InChI is InChI=1S/C21H26N4O2/c1-22-20(26)17-10-8-16(9-11-17)15-23-21(27)24-18-6-5-7-19(14-18)25-12-3-2-4-13-25/h5-11,14H,2-4,12-13,15H2,1H3,(H,22,26)(H2,23,24,27). The summed E-state index contributed by atoms with van der Waals surface area (Å²) in [5.74, 6) is -0.124. The third kappa shape index (κ3) is 5.23. The van der Waals surface area contributed by atoms with Gasteiger partial charge in [0.1, 0.15) is 0 Å². The average Bonchev–Trinajstić information content (AvgIpc) is 2.73. The van der Waals surface area contributed by atoms with Crippen molar-refractivity contribution in [3.8, 4) is 0 Å². The van der Waals surface area contributed by atoms with Gasteiger partial charge in [-0.05, 0) is 55.2 Å². The highest BCUT2D eigenvalue weighted by Gasteiger charge is 2.11. The third-order valence-corrected chi connectivity index (χ3v) is 4.72. The fourth-order valence-corrected chi connectivity index (χ4v) is 3.21. The van der Waals surface area contributed by atoms with Crippen molar-refractivity contribution in [3.05, 3.63) is 59.7 Å². The lowest BCUT2D eigenvalue weighted by atomic mass is 10.1. The lowest BCUT2D eigenvalue weighted by Gasteiger charge is -2.29. The zero-order chi connectivity index (χ0) is 19.1. The largest absolute Gasteiger partial charge is 0.371 e. The Morgan fingerprint density at radius 1 is 1.00 bits per heavy atom. The molecule has 27 heavy (non-hydrogen) atoms. The Kier molecular flexibility index (Phi) is 6.30. The molecule has 1 heterocycles. The van der Waals surface area contributed by atoms with Gasteiger partial charge in [0.2, 0.25) is 0 Å². The normalized spacial score (nSPS) is 13.7. The molecule has 1 aliphatic heterocycles. The summed E-state index contributed by atoms with van der Waals surface area (Å²) in [6.07, 6.45) is 3.73. The van der Waals surface area contributed by atoms with Crippen LogP contribution in [0.5, 0.6) is 0 Å². The summed E-state index contributed by atoms with van der Waals surface area (Å²) < 4.78 is 0. The van der Waals surface area contributed by atoms with Crippen LogP contribution in [0.25, 0.3) is 0 Å². The molecule has 0 spiro atoms. The van der Waals surface area contributed by atoms with Crippen molar-refractivity contribution >= 4 is 23.3 Å². The van der Waals surface area contributed by atoms with Gasteiger partial charge in [-0.2, -0.15) is 0 Å². The molecular formula is C21H26N4O2. The molecule has 3 N–H and O–H groups in total. The van der Waals surface area contributed by atoms with Crippen LogP contribution in [-0.4, -0.2) is 32.1 Å². The Balaban J connectivity index is 1.52. The molecule has 142 valence electrons. The number of hydrogen-bond acceptors (Lipinski definition) is 3. The first-order chi connectivity index (χ1) is 13.2. The van der Waals surface area contributed by atoms with Gasteiger partial charge in [0.25, 0.3) is 5.91 Å². The van der Waals surface area contributed by atoms with Gasteiger partial charge in [-0.25, -0.2) is 4.79 Å². The van der Waals surface area contributed by atoms with E-state index in [1.54, 1.807) is 19.2 Å². The van der Waals surface area contributed by atoms with Gasteiger partial charge >= 0.3 is 6.03 Å². The second kappa shape index (κ2) is 9.07. The van der Waals surface area contributed by atoms with Crippen molar-refractivity contribution < 1.29 is 9.59 Å². The summed E-state index contributed by atoms with van der Waals surface area (Å²) in [5, 5.41) is 8.32. The molecular weight excluding hydrogens is 340 g/mol. The topological polar surface area (TPSA) is 73.5 Å². The third-order valence-electron chi connectivity index (χ3n) is 4.72. The number of hydrogen-bond donors (Lipinski definition) is 3. The van der Waals surface area contributed by atoms with Gasteiger partial charge in [0, 0.05) is 43.6 Å². The summed E-state index contributed by atoms with van der Waals surface area (Å²) in [5.41, 5.74) is 3.46. The molecule has 0 unspecified atom stereocenters. The van der Waals surface area contributed by atoms with E-state index < -0.39 is 0 Å². The zero-order valence-electron chi connectivity index (χ0n) is 15.6. The first-order valence-corrected chi connectivity index (χ1v) is 9.36. The van der Waals surface area contributed by atoms with Gasteiger partial charge in [-0.15, -0.1) is 0 Å². The summed E-state index contributed by atoms with van der Waals surface area (Å²) >= 11 is 0. The second-order valence-electron chi connectivity index (χ2n) is 6.68. The van der Waals surface area contributed by atoms with Crippen molar-refractivity contribution in [2.75, 3.05) is 30.4 Å². The molecule has 0 aromatic heterocycles. The Morgan fingerprint density at radius 2 is 1.74 bits per heavy atom. The molecule has 1 aliphatic rings. The van der Waals surface area contributed by atoms with Crippen LogP contribution < -0.4 is 20.9 Å². The lowest BCUT2D eigenvalue weighted by molar-refractivity contribution is 0.0963. The number of benzene rings is 2. The van der Waals surface area contributed by atoms with Crippen molar-refractivity contribution in [3.63, 3.8) is 0 Å². The summed E-state index contributed by atoms with van der Waals surface area (Å²) in [7, 11) is 1.60. The maximum atomic E-state index is 12.2. The van der Waals surface area contributed by atoms with Crippen molar-refractivity contribution in [1.29, 1.82) is 0 Å². The maximum absolute atomic E-state index is 12.2. The molecule has 0 saturated carbocycles. The van der Waals surface area contributed by atoms with E-state index in [0.29, 0.717) is 12.1 Å². The van der Waals surface area contributed by atoms with Crippen molar-refractivity contribution in [1.82, 2.24) is 10.6 Å². The van der Waals surface area contributed by atoms with Gasteiger partial charge in [0.05, 0.1) is 0 Å². The predicted octanol–water partition coefficient (Wildman–Crippen LogP) is 3.36. The van der Waals surface area contributed by atoms with Crippen LogP contribution in [0.15, 0.2) is 48.5 Å². The Labute approximate surface area is 159 Å². The molecule has 6 nitrogen and oxygen atoms in total. The van der Waals surface area contributed by atoms with Gasteiger partial charge in [-0.3, -0.25) is 4.79 Å². The van der Waals surface area contributed by atoms with Crippen LogP contribution >= 0.6 is 0 Å². The van der Waals surface area contributed by atoms with E-state index in [0.717, 1.165) is 30.0 Å². The number of carbonyl (C=O) groups is 2. The fraction of sp³-hybridized carbons (Fsp3) is 0.333. The monoisotopic (exact) mass is 366 g/mol. The number of rotatable bonds is 5. The minimum absolute atomic E-state index is 0.124. The molecule has 0 bridgehead atoms. The highest BCUT2D eigenvalue weighted by atomic mass is 16.2. The molecule has 3 rings (SSSR count). The van der Waals surface area contributed by atoms with Crippen LogP contribution in [0.4, 0.5) is 16.2 Å². The van der Waals surface area contributed by atoms with Crippen molar-refractivity contribution in [2.24, 2.45) is 0 Å². The van der Waals surface area contributed by atoms with E-state index in [2.05, 4.69) is 26.9 Å². The highest BCUT2D eigenvalue weighted by molar-refractivity contribution is 5.94. The minimum atomic E-state index is -0.249. The van der Waals surface area contributed by atoms with E-state index in [9.17, 15) is 9.59 Å². The van der Waals surface area contributed by atoms with E-state index in [-0.39, 0.29) is 11.9 Å². The van der Waals surface area contributed by atoms with E-state index in [1.807, 2.05) is 30.3 Å². The Morgan fingerprint density at radius 3 is 2.44 bits per heavy atom. The fourth-order valence-electron chi connectivity index (χ4n) is 3.21. The summed E-state index contributed by atoms with van der Waals surface area (Å²) in [6, 6.07) is 14.9. The van der Waals surface area contributed by atoms with Gasteiger partial charge in [-0.1, -0.05) is 18.2 Å². The van der Waals surface area contributed by atoms with Crippen LogP contribution in [0.1, 0.15) is 35.2 Å². The second-order valence-corrected chi connectivity index (χ2v) is 6.68. The number of carbonyl (C=O) groups excluding carboxylic acids is 2. The molecule has 1 saturated heterocycles. The first kappa shape index (κ1) is 18.8. The zero-order valence-corrected chi connectivity index (χ0v) is 15.6. The van der Waals surface area contributed by atoms with Gasteiger partial charge < -0.3 is 20.9 Å². The smallest absolute Gasteiger partial charge is 0.319 e. The molecule has 0 aliphatic carbocycles. The molecule has 2 aromatic carbocycles. The van der Waals surface area contributed by atoms with E-state index >= 15 is 0 Å².